The number of nitrogens with zero attached hydrogens (tertiary/aromatic N) is 6. The summed E-state index contributed by atoms with van der Waals surface area (Å²) < 4.78 is 14.5. The number of carbonyl (C=O) groups excluding carboxylic acids is 1. The monoisotopic (exact) mass is 535 g/mol. The van der Waals surface area contributed by atoms with Gasteiger partial charge in [-0.2, -0.15) is 5.10 Å². The van der Waals surface area contributed by atoms with Crippen molar-refractivity contribution in [1.82, 2.24) is 29.7 Å². The van der Waals surface area contributed by atoms with E-state index in [9.17, 15) is 4.79 Å². The van der Waals surface area contributed by atoms with Gasteiger partial charge in [0, 0.05) is 41.5 Å². The number of anilines is 1. The molecule has 1 aliphatic rings. The summed E-state index contributed by atoms with van der Waals surface area (Å²) in [5, 5.41) is 16.8. The van der Waals surface area contributed by atoms with E-state index >= 15 is 0 Å². The molecule has 0 saturated heterocycles. The SMILES string of the molecule is COc1ccc(-n2cc(Cn3nc(-c4ccccc4)c4c3CCN(C(=O)Nc3ccccc3)C4)nn2)cc1OC. The number of para-hydroxylation sites is 1. The Morgan fingerprint density at radius 2 is 1.70 bits per heavy atom. The highest BCUT2D eigenvalue weighted by molar-refractivity contribution is 5.89. The first-order chi connectivity index (χ1) is 19.6. The van der Waals surface area contributed by atoms with Gasteiger partial charge in [0.1, 0.15) is 5.69 Å². The van der Waals surface area contributed by atoms with Gasteiger partial charge < -0.3 is 19.7 Å². The number of methoxy groups -OCH3 is 2. The molecular weight excluding hydrogens is 506 g/mol. The molecule has 202 valence electrons. The highest BCUT2D eigenvalue weighted by Crippen LogP contribution is 2.31. The van der Waals surface area contributed by atoms with Crippen molar-refractivity contribution in [3.05, 3.63) is 102 Å². The van der Waals surface area contributed by atoms with Gasteiger partial charge in [0.15, 0.2) is 11.5 Å². The summed E-state index contributed by atoms with van der Waals surface area (Å²) in [6.45, 7) is 1.51. The predicted molar refractivity (Wildman–Crippen MR) is 151 cm³/mol. The molecule has 2 aromatic heterocycles. The largest absolute Gasteiger partial charge is 0.493 e. The maximum Gasteiger partial charge on any atom is 0.322 e. The molecule has 3 heterocycles. The Bertz CT molecular complexity index is 1630. The Balaban J connectivity index is 1.28. The van der Waals surface area contributed by atoms with Gasteiger partial charge in [0.05, 0.1) is 44.9 Å². The van der Waals surface area contributed by atoms with Crippen LogP contribution < -0.4 is 14.8 Å². The molecule has 0 spiro atoms. The molecule has 10 heteroatoms. The van der Waals surface area contributed by atoms with E-state index in [-0.39, 0.29) is 6.03 Å². The van der Waals surface area contributed by atoms with E-state index in [4.69, 9.17) is 14.6 Å². The molecule has 1 N–H and O–H groups in total. The summed E-state index contributed by atoms with van der Waals surface area (Å²) in [5.41, 5.74) is 6.39. The number of nitrogens with one attached hydrogen (secondary N) is 1. The van der Waals surface area contributed by atoms with Crippen LogP contribution in [0.5, 0.6) is 11.5 Å². The lowest BCUT2D eigenvalue weighted by Gasteiger charge is -2.28. The van der Waals surface area contributed by atoms with E-state index in [0.717, 1.165) is 39.6 Å². The van der Waals surface area contributed by atoms with Crippen LogP contribution in [0.25, 0.3) is 16.9 Å². The minimum absolute atomic E-state index is 0.124. The smallest absolute Gasteiger partial charge is 0.322 e. The summed E-state index contributed by atoms with van der Waals surface area (Å²) >= 11 is 0. The fourth-order valence-electron chi connectivity index (χ4n) is 4.96. The normalized spacial score (nSPS) is 12.6. The molecule has 0 unspecified atom stereocenters. The van der Waals surface area contributed by atoms with Gasteiger partial charge in [-0.1, -0.05) is 53.7 Å². The number of ether oxygens (including phenoxy) is 2. The minimum atomic E-state index is -0.124. The molecule has 1 aliphatic heterocycles. The third-order valence-corrected chi connectivity index (χ3v) is 6.98. The Kier molecular flexibility index (Phi) is 6.88. The van der Waals surface area contributed by atoms with E-state index in [2.05, 4.69) is 15.6 Å². The number of urea groups is 1. The lowest BCUT2D eigenvalue weighted by Crippen LogP contribution is -2.39. The van der Waals surface area contributed by atoms with Crippen LogP contribution in [0.1, 0.15) is 17.0 Å². The molecule has 6 rings (SSSR count). The van der Waals surface area contributed by atoms with Crippen LogP contribution >= 0.6 is 0 Å². The molecule has 2 amide bonds. The molecule has 5 aromatic rings. The first-order valence-corrected chi connectivity index (χ1v) is 13.0. The van der Waals surface area contributed by atoms with E-state index < -0.39 is 0 Å². The van der Waals surface area contributed by atoms with Crippen molar-refractivity contribution in [2.45, 2.75) is 19.5 Å². The Labute approximate surface area is 231 Å². The topological polar surface area (TPSA) is 99.3 Å². The predicted octanol–water partition coefficient (Wildman–Crippen LogP) is 4.79. The van der Waals surface area contributed by atoms with E-state index in [1.54, 1.807) is 18.9 Å². The molecular formula is C30H29N7O3. The number of hydrogen-bond donors (Lipinski definition) is 1. The minimum Gasteiger partial charge on any atom is -0.493 e. The summed E-state index contributed by atoms with van der Waals surface area (Å²) in [4.78, 5) is 14.9. The van der Waals surface area contributed by atoms with E-state index in [0.29, 0.717) is 37.6 Å². The summed E-state index contributed by atoms with van der Waals surface area (Å²) in [5.74, 6) is 1.27. The first-order valence-electron chi connectivity index (χ1n) is 13.0. The zero-order chi connectivity index (χ0) is 27.5. The van der Waals surface area contributed by atoms with Crippen LogP contribution in [0.2, 0.25) is 0 Å². The average molecular weight is 536 g/mol. The van der Waals surface area contributed by atoms with Crippen molar-refractivity contribution in [3.8, 4) is 28.4 Å². The van der Waals surface area contributed by atoms with Crippen molar-refractivity contribution in [3.63, 3.8) is 0 Å². The fourth-order valence-corrected chi connectivity index (χ4v) is 4.96. The highest BCUT2D eigenvalue weighted by atomic mass is 16.5. The van der Waals surface area contributed by atoms with Gasteiger partial charge in [-0.15, -0.1) is 5.10 Å². The van der Waals surface area contributed by atoms with Gasteiger partial charge in [0.2, 0.25) is 0 Å². The Hall–Kier alpha value is -5.12. The molecule has 0 fully saturated rings. The van der Waals surface area contributed by atoms with Crippen LogP contribution in [-0.2, 0) is 19.5 Å². The van der Waals surface area contributed by atoms with Gasteiger partial charge in [0.25, 0.3) is 0 Å². The van der Waals surface area contributed by atoms with Crippen LogP contribution in [0.3, 0.4) is 0 Å². The highest BCUT2D eigenvalue weighted by Gasteiger charge is 2.28. The van der Waals surface area contributed by atoms with Gasteiger partial charge >= 0.3 is 6.03 Å². The van der Waals surface area contributed by atoms with Crippen LogP contribution in [0.15, 0.2) is 85.1 Å². The first kappa shape index (κ1) is 25.2. The number of fused-ring (bicyclic) bond motifs is 1. The van der Waals surface area contributed by atoms with Crippen LogP contribution in [0, 0.1) is 0 Å². The molecule has 10 nitrogen and oxygen atoms in total. The average Bonchev–Trinajstić information content (AvgIpc) is 3.62. The maximum absolute atomic E-state index is 13.1. The van der Waals surface area contributed by atoms with E-state index in [1.165, 1.54) is 0 Å². The Morgan fingerprint density at radius 3 is 2.45 bits per heavy atom. The third-order valence-electron chi connectivity index (χ3n) is 6.98. The van der Waals surface area contributed by atoms with Crippen molar-refractivity contribution in [2.75, 3.05) is 26.1 Å². The van der Waals surface area contributed by atoms with Gasteiger partial charge in [-0.05, 0) is 24.3 Å². The van der Waals surface area contributed by atoms with E-state index in [1.807, 2.05) is 94.6 Å². The summed E-state index contributed by atoms with van der Waals surface area (Å²) in [7, 11) is 3.21. The number of amides is 2. The summed E-state index contributed by atoms with van der Waals surface area (Å²) in [6.07, 6.45) is 2.57. The molecule has 0 radical (unpaired) electrons. The summed E-state index contributed by atoms with van der Waals surface area (Å²) in [6, 6.07) is 25.1. The number of benzene rings is 3. The number of hydrogen-bond acceptors (Lipinski definition) is 6. The number of carbonyl (C=O) groups is 1. The quantitative estimate of drug-likeness (QED) is 0.322. The second-order valence-corrected chi connectivity index (χ2v) is 9.46. The molecule has 0 atom stereocenters. The second kappa shape index (κ2) is 10.9. The van der Waals surface area contributed by atoms with Crippen molar-refractivity contribution in [1.29, 1.82) is 0 Å². The zero-order valence-corrected chi connectivity index (χ0v) is 22.3. The lowest BCUT2D eigenvalue weighted by molar-refractivity contribution is 0.206. The molecule has 40 heavy (non-hydrogen) atoms. The number of aromatic nitrogens is 5. The zero-order valence-electron chi connectivity index (χ0n) is 22.3. The Morgan fingerprint density at radius 1 is 0.950 bits per heavy atom. The van der Waals surface area contributed by atoms with Gasteiger partial charge in [-0.25, -0.2) is 9.48 Å². The maximum atomic E-state index is 13.1. The van der Waals surface area contributed by atoms with Crippen molar-refractivity contribution < 1.29 is 14.3 Å². The number of rotatable bonds is 7. The fraction of sp³-hybridized carbons (Fsp3) is 0.200. The van der Waals surface area contributed by atoms with Crippen molar-refractivity contribution in [2.24, 2.45) is 0 Å². The molecule has 3 aromatic carbocycles. The molecule has 0 bridgehead atoms. The second-order valence-electron chi connectivity index (χ2n) is 9.46. The molecule has 0 saturated carbocycles. The van der Waals surface area contributed by atoms with Crippen LogP contribution in [-0.4, -0.2) is 56.5 Å². The standard InChI is InChI=1S/C30H29N7O3/c1-39-27-14-13-24(17-28(27)40-2)36-18-23(32-34-36)19-37-26-15-16-35(30(38)31-22-11-7-4-8-12-22)20-25(26)29(33-37)21-9-5-3-6-10-21/h3-14,17-18H,15-16,19-20H2,1-2H3,(H,31,38). The van der Waals surface area contributed by atoms with Crippen molar-refractivity contribution >= 4 is 11.7 Å². The lowest BCUT2D eigenvalue weighted by atomic mass is 10.0. The molecule has 0 aliphatic carbocycles. The van der Waals surface area contributed by atoms with Gasteiger partial charge in [-0.3, -0.25) is 4.68 Å². The van der Waals surface area contributed by atoms with Crippen LogP contribution in [0.4, 0.5) is 10.5 Å². The third kappa shape index (κ3) is 4.98.